The summed E-state index contributed by atoms with van der Waals surface area (Å²) in [6.45, 7) is -0.117. The van der Waals surface area contributed by atoms with Gasteiger partial charge in [-0.3, -0.25) is 9.59 Å². The highest BCUT2D eigenvalue weighted by atomic mass is 35.5. The molecule has 0 radical (unpaired) electrons. The van der Waals surface area contributed by atoms with Gasteiger partial charge in [0.2, 0.25) is 0 Å². The first-order valence-electron chi connectivity index (χ1n) is 6.72. The molecular weight excluding hydrogens is 325 g/mol. The number of hydrogen-bond acceptors (Lipinski definition) is 3. The van der Waals surface area contributed by atoms with Crippen molar-refractivity contribution in [3.05, 3.63) is 53.1 Å². The lowest BCUT2D eigenvalue weighted by Gasteiger charge is -2.13. The van der Waals surface area contributed by atoms with Crippen LogP contribution in [0.25, 0.3) is 0 Å². The van der Waals surface area contributed by atoms with Gasteiger partial charge in [0.05, 0.1) is 5.02 Å². The van der Waals surface area contributed by atoms with Crippen LogP contribution in [-0.2, 0) is 16.6 Å². The molecule has 2 rings (SSSR count). The van der Waals surface area contributed by atoms with Crippen molar-refractivity contribution in [3.63, 3.8) is 0 Å². The van der Waals surface area contributed by atoms with Crippen LogP contribution in [0, 0.1) is 5.82 Å². The molecule has 0 unspecified atom stereocenters. The third-order valence-electron chi connectivity index (χ3n) is 3.17. The van der Waals surface area contributed by atoms with Crippen LogP contribution < -0.4 is 10.6 Å². The number of rotatable bonds is 4. The van der Waals surface area contributed by atoms with Gasteiger partial charge in [0.25, 0.3) is 0 Å². The van der Waals surface area contributed by atoms with E-state index in [1.54, 1.807) is 29.9 Å². The van der Waals surface area contributed by atoms with E-state index in [9.17, 15) is 19.1 Å². The highest BCUT2D eigenvalue weighted by Crippen LogP contribution is 2.19. The summed E-state index contributed by atoms with van der Waals surface area (Å²) in [4.78, 5) is 23.4. The molecule has 1 aromatic heterocycles. The third kappa shape index (κ3) is 4.30. The predicted molar refractivity (Wildman–Crippen MR) is 83.4 cm³/mol. The van der Waals surface area contributed by atoms with Crippen LogP contribution in [0.5, 0.6) is 0 Å². The van der Waals surface area contributed by atoms with Crippen molar-refractivity contribution in [2.24, 2.45) is 7.05 Å². The Morgan fingerprint density at radius 3 is 2.70 bits per heavy atom. The van der Waals surface area contributed by atoms with Crippen molar-refractivity contribution in [2.45, 2.75) is 6.10 Å². The van der Waals surface area contributed by atoms with Gasteiger partial charge >= 0.3 is 11.8 Å². The average molecular weight is 340 g/mol. The monoisotopic (exact) mass is 339 g/mol. The number of carbonyl (C=O) groups is 2. The van der Waals surface area contributed by atoms with Crippen LogP contribution in [0.3, 0.4) is 0 Å². The normalized spacial score (nSPS) is 11.8. The Labute approximate surface area is 136 Å². The molecule has 23 heavy (non-hydrogen) atoms. The number of aromatic nitrogens is 1. The van der Waals surface area contributed by atoms with Crippen LogP contribution in [0.15, 0.2) is 36.5 Å². The number of anilines is 1. The fourth-order valence-corrected chi connectivity index (χ4v) is 2.14. The van der Waals surface area contributed by atoms with Gasteiger partial charge in [-0.05, 0) is 30.3 Å². The second-order valence-electron chi connectivity index (χ2n) is 4.85. The van der Waals surface area contributed by atoms with Crippen LogP contribution in [0.1, 0.15) is 11.8 Å². The molecular formula is C15H15ClFN3O3. The largest absolute Gasteiger partial charge is 0.385 e. The minimum atomic E-state index is -0.938. The van der Waals surface area contributed by atoms with Crippen LogP contribution in [0.4, 0.5) is 10.1 Å². The number of nitrogens with one attached hydrogen (secondary N) is 2. The number of halogens is 2. The maximum atomic E-state index is 13.0. The minimum Gasteiger partial charge on any atom is -0.385 e. The van der Waals surface area contributed by atoms with Gasteiger partial charge in [0.15, 0.2) is 0 Å². The average Bonchev–Trinajstić information content (AvgIpc) is 2.94. The maximum Gasteiger partial charge on any atom is 0.313 e. The number of carbonyl (C=O) groups excluding carboxylic acids is 2. The molecule has 1 aromatic carbocycles. The van der Waals surface area contributed by atoms with E-state index in [2.05, 4.69) is 10.6 Å². The molecule has 0 aliphatic heterocycles. The van der Waals surface area contributed by atoms with Crippen molar-refractivity contribution in [1.82, 2.24) is 9.88 Å². The lowest BCUT2D eigenvalue weighted by Crippen LogP contribution is -2.37. The fourth-order valence-electron chi connectivity index (χ4n) is 1.96. The number of benzene rings is 1. The van der Waals surface area contributed by atoms with E-state index in [1.165, 1.54) is 12.1 Å². The van der Waals surface area contributed by atoms with Crippen LogP contribution in [-0.4, -0.2) is 28.0 Å². The van der Waals surface area contributed by atoms with Gasteiger partial charge in [-0.1, -0.05) is 11.6 Å². The van der Waals surface area contributed by atoms with E-state index in [0.717, 1.165) is 6.07 Å². The molecule has 0 spiro atoms. The molecule has 3 N–H and O–H groups in total. The van der Waals surface area contributed by atoms with Crippen molar-refractivity contribution in [1.29, 1.82) is 0 Å². The smallest absolute Gasteiger partial charge is 0.313 e. The first-order valence-corrected chi connectivity index (χ1v) is 7.10. The van der Waals surface area contributed by atoms with Gasteiger partial charge < -0.3 is 20.3 Å². The fraction of sp³-hybridized carbons (Fsp3) is 0.200. The summed E-state index contributed by atoms with van der Waals surface area (Å²) in [5.74, 6) is -2.48. The van der Waals surface area contributed by atoms with Crippen molar-refractivity contribution >= 4 is 29.1 Å². The van der Waals surface area contributed by atoms with E-state index in [1.807, 2.05) is 0 Å². The summed E-state index contributed by atoms with van der Waals surface area (Å²) in [6.07, 6.45) is 0.817. The summed E-state index contributed by atoms with van der Waals surface area (Å²) < 4.78 is 14.7. The van der Waals surface area contributed by atoms with Crippen LogP contribution >= 0.6 is 11.6 Å². The van der Waals surface area contributed by atoms with Gasteiger partial charge in [-0.2, -0.15) is 0 Å². The predicted octanol–water partition coefficient (Wildman–Crippen LogP) is 1.61. The SMILES string of the molecule is Cn1cccc1[C@@H](O)CNC(=O)C(=O)Nc1ccc(F)c(Cl)c1. The topological polar surface area (TPSA) is 83.4 Å². The Balaban J connectivity index is 1.89. The molecule has 0 saturated carbocycles. The Hall–Kier alpha value is -2.38. The molecule has 2 amide bonds. The van der Waals surface area contributed by atoms with Gasteiger partial charge in [-0.15, -0.1) is 0 Å². The first-order chi connectivity index (χ1) is 10.9. The molecule has 0 aliphatic rings. The highest BCUT2D eigenvalue weighted by Gasteiger charge is 2.17. The molecule has 0 fully saturated rings. The number of aryl methyl sites for hydroxylation is 1. The van der Waals surface area contributed by atoms with E-state index in [-0.39, 0.29) is 17.3 Å². The molecule has 1 heterocycles. The van der Waals surface area contributed by atoms with E-state index in [0.29, 0.717) is 5.69 Å². The Morgan fingerprint density at radius 1 is 1.35 bits per heavy atom. The highest BCUT2D eigenvalue weighted by molar-refractivity contribution is 6.39. The summed E-state index contributed by atoms with van der Waals surface area (Å²) in [7, 11) is 1.76. The zero-order chi connectivity index (χ0) is 17.0. The van der Waals surface area contributed by atoms with E-state index >= 15 is 0 Å². The number of aliphatic hydroxyl groups excluding tert-OH is 1. The number of nitrogens with zero attached hydrogens (tertiary/aromatic N) is 1. The lowest BCUT2D eigenvalue weighted by atomic mass is 10.2. The standard InChI is InChI=1S/C15H15ClFN3O3/c1-20-6-2-3-12(20)13(21)8-18-14(22)15(23)19-9-4-5-11(17)10(16)7-9/h2-7,13,21H,8H2,1H3,(H,18,22)(H,19,23)/t13-/m0/s1. The molecule has 0 bridgehead atoms. The van der Waals surface area contributed by atoms with Crippen molar-refractivity contribution in [2.75, 3.05) is 11.9 Å². The summed E-state index contributed by atoms with van der Waals surface area (Å²) in [5, 5.41) is 14.4. The second kappa shape index (κ2) is 7.26. The van der Waals surface area contributed by atoms with Crippen LogP contribution in [0.2, 0.25) is 5.02 Å². The van der Waals surface area contributed by atoms with Gasteiger partial charge in [0.1, 0.15) is 11.9 Å². The summed E-state index contributed by atoms with van der Waals surface area (Å²) >= 11 is 5.59. The second-order valence-corrected chi connectivity index (χ2v) is 5.26. The molecule has 0 saturated heterocycles. The van der Waals surface area contributed by atoms with Crippen molar-refractivity contribution < 1.29 is 19.1 Å². The minimum absolute atomic E-state index is 0.117. The molecule has 1 atom stereocenters. The molecule has 8 heteroatoms. The molecule has 0 aliphatic carbocycles. The van der Waals surface area contributed by atoms with Gasteiger partial charge in [0, 0.05) is 31.2 Å². The van der Waals surface area contributed by atoms with E-state index in [4.69, 9.17) is 11.6 Å². The zero-order valence-corrected chi connectivity index (χ0v) is 13.0. The Kier molecular flexibility index (Phi) is 5.36. The lowest BCUT2D eigenvalue weighted by molar-refractivity contribution is -0.136. The number of hydrogen-bond donors (Lipinski definition) is 3. The van der Waals surface area contributed by atoms with Crippen molar-refractivity contribution in [3.8, 4) is 0 Å². The van der Waals surface area contributed by atoms with Gasteiger partial charge in [-0.25, -0.2) is 4.39 Å². The Morgan fingerprint density at radius 2 is 2.09 bits per heavy atom. The van der Waals surface area contributed by atoms with E-state index < -0.39 is 23.7 Å². The summed E-state index contributed by atoms with van der Waals surface area (Å²) in [5.41, 5.74) is 0.801. The summed E-state index contributed by atoms with van der Waals surface area (Å²) in [6, 6.07) is 7.02. The molecule has 122 valence electrons. The first kappa shape index (κ1) is 17.0. The zero-order valence-electron chi connectivity index (χ0n) is 12.2. The number of aliphatic hydroxyl groups is 1. The Bertz CT molecular complexity index is 733. The molecule has 6 nitrogen and oxygen atoms in total. The quantitative estimate of drug-likeness (QED) is 0.740. The maximum absolute atomic E-state index is 13.0. The third-order valence-corrected chi connectivity index (χ3v) is 3.45. The molecule has 2 aromatic rings. The number of amides is 2.